The largest absolute Gasteiger partial charge is 0.418 e. The lowest BCUT2D eigenvalue weighted by atomic mass is 10.1. The molecule has 0 aromatic carbocycles. The number of nitrogen functional groups attached to an aromatic ring is 1. The molecule has 0 radical (unpaired) electrons. The molecule has 35 heavy (non-hydrogen) atoms. The monoisotopic (exact) mass is 486 g/mol. The molecule has 1 aliphatic rings. The third kappa shape index (κ3) is 5.26. The highest BCUT2D eigenvalue weighted by atomic mass is 19.4. The number of pyridine rings is 2. The number of halogens is 3. The molecule has 0 spiro atoms. The van der Waals surface area contributed by atoms with Crippen LogP contribution < -0.4 is 20.9 Å². The normalized spacial score (nSPS) is 14.0. The summed E-state index contributed by atoms with van der Waals surface area (Å²) in [5.41, 5.74) is 4.66. The summed E-state index contributed by atoms with van der Waals surface area (Å²) in [6, 6.07) is 5.81. The number of piperidine rings is 1. The van der Waals surface area contributed by atoms with E-state index in [-0.39, 0.29) is 23.0 Å². The van der Waals surface area contributed by atoms with Crippen LogP contribution >= 0.6 is 0 Å². The first-order chi connectivity index (χ1) is 16.6. The fourth-order valence-corrected chi connectivity index (χ4v) is 3.85. The highest BCUT2D eigenvalue weighted by molar-refractivity contribution is 6.06. The summed E-state index contributed by atoms with van der Waals surface area (Å²) < 4.78 is 41.1. The summed E-state index contributed by atoms with van der Waals surface area (Å²) in [5.74, 6) is -0.350. The van der Waals surface area contributed by atoms with Gasteiger partial charge in [-0.3, -0.25) is 4.79 Å². The smallest absolute Gasteiger partial charge is 0.382 e. The number of carbonyl (C=O) groups is 1. The molecule has 3 aromatic rings. The third-order valence-corrected chi connectivity index (χ3v) is 5.62. The van der Waals surface area contributed by atoms with E-state index < -0.39 is 23.3 Å². The molecule has 1 saturated heterocycles. The van der Waals surface area contributed by atoms with E-state index in [1.807, 2.05) is 6.07 Å². The zero-order valence-electron chi connectivity index (χ0n) is 19.3. The van der Waals surface area contributed by atoms with Gasteiger partial charge < -0.3 is 20.9 Å². The first-order valence-corrected chi connectivity index (χ1v) is 11.0. The van der Waals surface area contributed by atoms with Gasteiger partial charge in [0.05, 0.1) is 17.4 Å². The lowest BCUT2D eigenvalue weighted by Crippen LogP contribution is -2.31. The van der Waals surface area contributed by atoms with Crippen molar-refractivity contribution in [1.82, 2.24) is 19.9 Å². The standard InChI is InChI=1S/C23H25F3N8O/c1-33(2)17-9-8-14(23(24,25)26)18(31-17)15-13-29-20(27)19(30-15)22(35)32-21-16(7-6-10-28-21)34-11-4-3-5-12-34/h6-10,13H,3-5,11-12H2,1-2H3,(H2,27,29)(H,28,32,35). The molecule has 1 aliphatic heterocycles. The van der Waals surface area contributed by atoms with E-state index in [1.54, 1.807) is 31.3 Å². The first-order valence-electron chi connectivity index (χ1n) is 11.0. The molecule has 1 amide bonds. The van der Waals surface area contributed by atoms with Crippen molar-refractivity contribution in [2.75, 3.05) is 48.0 Å². The number of nitrogens with two attached hydrogens (primary N) is 1. The minimum Gasteiger partial charge on any atom is -0.382 e. The topological polar surface area (TPSA) is 113 Å². The highest BCUT2D eigenvalue weighted by Crippen LogP contribution is 2.36. The molecule has 12 heteroatoms. The Labute approximate surface area is 200 Å². The molecular formula is C23H25F3N8O. The molecule has 0 bridgehead atoms. The van der Waals surface area contributed by atoms with Gasteiger partial charge in [0.2, 0.25) is 0 Å². The summed E-state index contributed by atoms with van der Waals surface area (Å²) >= 11 is 0. The maximum atomic E-state index is 13.7. The SMILES string of the molecule is CN(C)c1ccc(C(F)(F)F)c(-c2cnc(N)c(C(=O)Nc3ncccc3N3CCCCC3)n2)n1. The Kier molecular flexibility index (Phi) is 6.72. The Morgan fingerprint density at radius 3 is 2.51 bits per heavy atom. The molecule has 1 fully saturated rings. The van der Waals surface area contributed by atoms with Crippen molar-refractivity contribution < 1.29 is 18.0 Å². The summed E-state index contributed by atoms with van der Waals surface area (Å²) in [5, 5.41) is 2.69. The van der Waals surface area contributed by atoms with Gasteiger partial charge in [-0.1, -0.05) is 0 Å². The number of hydrogen-bond acceptors (Lipinski definition) is 8. The second-order valence-electron chi connectivity index (χ2n) is 8.32. The fraction of sp³-hybridized carbons (Fsp3) is 0.348. The molecule has 0 aliphatic carbocycles. The van der Waals surface area contributed by atoms with E-state index >= 15 is 0 Å². The zero-order chi connectivity index (χ0) is 25.2. The average Bonchev–Trinajstić information content (AvgIpc) is 2.84. The second-order valence-corrected chi connectivity index (χ2v) is 8.32. The van der Waals surface area contributed by atoms with Crippen LogP contribution in [0.3, 0.4) is 0 Å². The molecule has 3 N–H and O–H groups in total. The number of hydrogen-bond donors (Lipinski definition) is 2. The van der Waals surface area contributed by atoms with Gasteiger partial charge in [0.1, 0.15) is 17.2 Å². The van der Waals surface area contributed by atoms with E-state index in [1.165, 1.54) is 6.07 Å². The predicted molar refractivity (Wildman–Crippen MR) is 127 cm³/mol. The number of nitrogens with zero attached hydrogens (tertiary/aromatic N) is 6. The van der Waals surface area contributed by atoms with E-state index in [2.05, 4.69) is 30.2 Å². The molecule has 0 saturated carbocycles. The van der Waals surface area contributed by atoms with Gasteiger partial charge in [0.15, 0.2) is 17.3 Å². The number of amides is 1. The van der Waals surface area contributed by atoms with E-state index in [0.29, 0.717) is 5.82 Å². The Bertz CT molecular complexity index is 1230. The van der Waals surface area contributed by atoms with Crippen LogP contribution in [0.2, 0.25) is 0 Å². The molecular weight excluding hydrogens is 461 g/mol. The molecule has 0 unspecified atom stereocenters. The van der Waals surface area contributed by atoms with E-state index in [9.17, 15) is 18.0 Å². The Balaban J connectivity index is 1.70. The van der Waals surface area contributed by atoms with Crippen LogP contribution in [0.4, 0.5) is 36.3 Å². The van der Waals surface area contributed by atoms with Gasteiger partial charge in [-0.25, -0.2) is 19.9 Å². The summed E-state index contributed by atoms with van der Waals surface area (Å²) in [7, 11) is 3.30. The lowest BCUT2D eigenvalue weighted by Gasteiger charge is -2.29. The minimum absolute atomic E-state index is 0.223. The molecule has 4 rings (SSSR count). The lowest BCUT2D eigenvalue weighted by molar-refractivity contribution is -0.137. The number of carbonyl (C=O) groups excluding carboxylic acids is 1. The fourth-order valence-electron chi connectivity index (χ4n) is 3.85. The molecule has 0 atom stereocenters. The summed E-state index contributed by atoms with van der Waals surface area (Å²) in [6.45, 7) is 1.67. The number of aromatic nitrogens is 4. The number of rotatable bonds is 5. The van der Waals surface area contributed by atoms with E-state index in [0.717, 1.165) is 50.3 Å². The summed E-state index contributed by atoms with van der Waals surface area (Å²) in [4.78, 5) is 33.2. The van der Waals surface area contributed by atoms with Crippen LogP contribution in [-0.2, 0) is 6.18 Å². The van der Waals surface area contributed by atoms with Crippen molar-refractivity contribution in [3.8, 4) is 11.4 Å². The van der Waals surface area contributed by atoms with Crippen molar-refractivity contribution >= 4 is 29.0 Å². The Morgan fingerprint density at radius 1 is 1.09 bits per heavy atom. The van der Waals surface area contributed by atoms with Crippen LogP contribution in [0.15, 0.2) is 36.7 Å². The maximum absolute atomic E-state index is 13.7. The molecule has 4 heterocycles. The van der Waals surface area contributed by atoms with Crippen LogP contribution in [-0.4, -0.2) is 53.0 Å². The Hall–Kier alpha value is -3.96. The third-order valence-electron chi connectivity index (χ3n) is 5.62. The summed E-state index contributed by atoms with van der Waals surface area (Å²) in [6.07, 6.45) is 1.13. The van der Waals surface area contributed by atoms with Gasteiger partial charge in [-0.05, 0) is 43.5 Å². The number of nitrogens with one attached hydrogen (secondary N) is 1. The number of alkyl halides is 3. The van der Waals surface area contributed by atoms with Gasteiger partial charge in [-0.15, -0.1) is 0 Å². The highest BCUT2D eigenvalue weighted by Gasteiger charge is 2.35. The molecule has 3 aromatic heterocycles. The van der Waals surface area contributed by atoms with Crippen LogP contribution in [0.25, 0.3) is 11.4 Å². The second kappa shape index (κ2) is 9.72. The van der Waals surface area contributed by atoms with Crippen molar-refractivity contribution in [1.29, 1.82) is 0 Å². The number of anilines is 4. The van der Waals surface area contributed by atoms with Gasteiger partial charge in [0.25, 0.3) is 5.91 Å². The van der Waals surface area contributed by atoms with Gasteiger partial charge in [-0.2, -0.15) is 13.2 Å². The molecule has 184 valence electrons. The maximum Gasteiger partial charge on any atom is 0.418 e. The van der Waals surface area contributed by atoms with Crippen LogP contribution in [0, 0.1) is 0 Å². The zero-order valence-corrected chi connectivity index (χ0v) is 19.3. The van der Waals surface area contributed by atoms with E-state index in [4.69, 9.17) is 5.73 Å². The molecule has 9 nitrogen and oxygen atoms in total. The minimum atomic E-state index is -4.68. The van der Waals surface area contributed by atoms with Crippen molar-refractivity contribution in [3.63, 3.8) is 0 Å². The van der Waals surface area contributed by atoms with Gasteiger partial charge in [0, 0.05) is 33.4 Å². The van der Waals surface area contributed by atoms with Gasteiger partial charge >= 0.3 is 6.18 Å². The van der Waals surface area contributed by atoms with Crippen LogP contribution in [0.1, 0.15) is 35.3 Å². The quantitative estimate of drug-likeness (QED) is 0.559. The van der Waals surface area contributed by atoms with Crippen molar-refractivity contribution in [3.05, 3.63) is 47.9 Å². The van der Waals surface area contributed by atoms with Crippen molar-refractivity contribution in [2.45, 2.75) is 25.4 Å². The average molecular weight is 487 g/mol. The van der Waals surface area contributed by atoms with Crippen molar-refractivity contribution in [2.24, 2.45) is 0 Å². The first kappa shape index (κ1) is 24.2. The van der Waals surface area contributed by atoms with Crippen LogP contribution in [0.5, 0.6) is 0 Å². The Morgan fingerprint density at radius 2 is 1.83 bits per heavy atom. The predicted octanol–water partition coefficient (Wildman–Crippen LogP) is 3.84.